The summed E-state index contributed by atoms with van der Waals surface area (Å²) in [6.07, 6.45) is 0.858. The molecule has 4 rings (SSSR count). The lowest BCUT2D eigenvalue weighted by Gasteiger charge is -2.12. The van der Waals surface area contributed by atoms with Gasteiger partial charge in [0.2, 0.25) is 0 Å². The highest BCUT2D eigenvalue weighted by molar-refractivity contribution is 6.35. The van der Waals surface area contributed by atoms with Gasteiger partial charge >= 0.3 is 0 Å². The number of benzene rings is 2. The highest BCUT2D eigenvalue weighted by Gasteiger charge is 2.28. The van der Waals surface area contributed by atoms with E-state index < -0.39 is 0 Å². The molecule has 2 aromatic carbocycles. The highest BCUT2D eigenvalue weighted by atomic mass is 35.5. The van der Waals surface area contributed by atoms with Crippen molar-refractivity contribution in [2.75, 3.05) is 26.1 Å². The van der Waals surface area contributed by atoms with Gasteiger partial charge in [-0.3, -0.25) is 0 Å². The Labute approximate surface area is 161 Å². The first-order valence-electron chi connectivity index (χ1n) is 8.16. The summed E-state index contributed by atoms with van der Waals surface area (Å²) in [7, 11) is 3.29. The normalized spacial score (nSPS) is 12.6. The Morgan fingerprint density at radius 3 is 2.46 bits per heavy atom. The fourth-order valence-electron chi connectivity index (χ4n) is 3.29. The van der Waals surface area contributed by atoms with Gasteiger partial charge in [0.25, 0.3) is 0 Å². The molecule has 0 spiro atoms. The van der Waals surface area contributed by atoms with Crippen LogP contribution in [0.15, 0.2) is 36.4 Å². The lowest BCUT2D eigenvalue weighted by Crippen LogP contribution is -2.05. The average molecular weight is 390 g/mol. The van der Waals surface area contributed by atoms with Crippen LogP contribution in [0, 0.1) is 0 Å². The van der Waals surface area contributed by atoms with Crippen LogP contribution in [-0.2, 0) is 6.42 Å². The van der Waals surface area contributed by atoms with Gasteiger partial charge in [-0.25, -0.2) is 4.68 Å². The number of nitrogens with one attached hydrogen (secondary N) is 1. The van der Waals surface area contributed by atoms with Crippen LogP contribution < -0.4 is 14.8 Å². The summed E-state index contributed by atoms with van der Waals surface area (Å²) < 4.78 is 12.9. The van der Waals surface area contributed by atoms with E-state index in [1.165, 1.54) is 0 Å². The summed E-state index contributed by atoms with van der Waals surface area (Å²) in [6.45, 7) is 0.836. The first kappa shape index (κ1) is 17.1. The summed E-state index contributed by atoms with van der Waals surface area (Å²) in [6, 6.07) is 11.1. The molecule has 3 aromatic rings. The molecule has 0 atom stereocenters. The Kier molecular flexibility index (Phi) is 4.42. The van der Waals surface area contributed by atoms with Crippen molar-refractivity contribution in [3.8, 4) is 28.4 Å². The molecule has 1 aliphatic rings. The zero-order valence-corrected chi connectivity index (χ0v) is 15.9. The lowest BCUT2D eigenvalue weighted by atomic mass is 10.0. The third kappa shape index (κ3) is 2.68. The first-order chi connectivity index (χ1) is 12.6. The number of hydrogen-bond donors (Lipinski definition) is 1. The van der Waals surface area contributed by atoms with E-state index in [1.54, 1.807) is 26.4 Å². The number of nitrogens with zero attached hydrogens (tertiary/aromatic N) is 2. The summed E-state index contributed by atoms with van der Waals surface area (Å²) in [5, 5.41) is 9.37. The van der Waals surface area contributed by atoms with E-state index >= 15 is 0 Å². The van der Waals surface area contributed by atoms with Crippen LogP contribution in [0.3, 0.4) is 0 Å². The number of anilines is 1. The van der Waals surface area contributed by atoms with Gasteiger partial charge in [0.15, 0.2) is 0 Å². The van der Waals surface area contributed by atoms with E-state index in [1.807, 2.05) is 28.9 Å². The van der Waals surface area contributed by atoms with Gasteiger partial charge in [-0.05, 0) is 36.8 Å². The van der Waals surface area contributed by atoms with Crippen molar-refractivity contribution in [2.45, 2.75) is 6.42 Å². The smallest absolute Gasteiger partial charge is 0.133 e. The summed E-state index contributed by atoms with van der Waals surface area (Å²) >= 11 is 12.5. The fraction of sp³-hybridized carbons (Fsp3) is 0.211. The maximum atomic E-state index is 6.42. The molecule has 134 valence electrons. The maximum absolute atomic E-state index is 6.42. The number of aromatic nitrogens is 2. The molecule has 0 radical (unpaired) electrons. The molecule has 1 N–H and O–H groups in total. The third-order valence-electron chi connectivity index (χ3n) is 4.45. The monoisotopic (exact) mass is 389 g/mol. The van der Waals surface area contributed by atoms with Gasteiger partial charge in [-0.15, -0.1) is 0 Å². The molecule has 1 aliphatic heterocycles. The Hall–Kier alpha value is -2.37. The van der Waals surface area contributed by atoms with E-state index in [0.29, 0.717) is 21.5 Å². The molecule has 0 unspecified atom stereocenters. The molecule has 26 heavy (non-hydrogen) atoms. The number of hydrogen-bond acceptors (Lipinski definition) is 4. The van der Waals surface area contributed by atoms with E-state index in [4.69, 9.17) is 37.8 Å². The zero-order valence-electron chi connectivity index (χ0n) is 14.3. The van der Waals surface area contributed by atoms with Crippen molar-refractivity contribution >= 4 is 29.0 Å². The molecule has 2 heterocycles. The predicted octanol–water partition coefficient (Wildman–Crippen LogP) is 4.83. The molecule has 0 bridgehead atoms. The van der Waals surface area contributed by atoms with Gasteiger partial charge in [0.1, 0.15) is 23.0 Å². The molecular formula is C19H17Cl2N3O2. The largest absolute Gasteiger partial charge is 0.496 e. The second-order valence-electron chi connectivity index (χ2n) is 5.90. The summed E-state index contributed by atoms with van der Waals surface area (Å²) in [5.41, 5.74) is 3.53. The van der Waals surface area contributed by atoms with Crippen molar-refractivity contribution in [2.24, 2.45) is 0 Å². The van der Waals surface area contributed by atoms with Crippen molar-refractivity contribution in [3.05, 3.63) is 52.0 Å². The minimum absolute atomic E-state index is 0.537. The standard InChI is InChI=1S/C19H17Cl2N3O2/c1-25-15-4-3-5-16(26-2)17(15)18-12-8-9-22-19(12)24(23-18)14-7-6-11(20)10-13(14)21/h3-7,10,22H,8-9H2,1-2H3. The van der Waals surface area contributed by atoms with Crippen LogP contribution in [0.4, 0.5) is 5.82 Å². The van der Waals surface area contributed by atoms with Crippen LogP contribution in [0.5, 0.6) is 11.5 Å². The molecule has 0 aliphatic carbocycles. The molecule has 0 saturated heterocycles. The Bertz CT molecular complexity index is 963. The first-order valence-corrected chi connectivity index (χ1v) is 8.92. The van der Waals surface area contributed by atoms with Crippen molar-refractivity contribution in [3.63, 3.8) is 0 Å². The summed E-state index contributed by atoms with van der Waals surface area (Å²) in [5.74, 6) is 2.36. The van der Waals surface area contributed by atoms with Gasteiger partial charge in [0.05, 0.1) is 30.5 Å². The molecule has 0 amide bonds. The minimum Gasteiger partial charge on any atom is -0.496 e. The van der Waals surface area contributed by atoms with E-state index in [-0.39, 0.29) is 0 Å². The maximum Gasteiger partial charge on any atom is 0.133 e. The van der Waals surface area contributed by atoms with Crippen LogP contribution in [0.2, 0.25) is 10.0 Å². The van der Waals surface area contributed by atoms with E-state index in [0.717, 1.165) is 41.3 Å². The fourth-order valence-corrected chi connectivity index (χ4v) is 3.78. The summed E-state index contributed by atoms with van der Waals surface area (Å²) in [4.78, 5) is 0. The number of methoxy groups -OCH3 is 2. The van der Waals surface area contributed by atoms with Crippen LogP contribution in [-0.4, -0.2) is 30.5 Å². The molecule has 7 heteroatoms. The van der Waals surface area contributed by atoms with Crippen molar-refractivity contribution < 1.29 is 9.47 Å². The minimum atomic E-state index is 0.537. The second kappa shape index (κ2) is 6.74. The molecule has 1 aromatic heterocycles. The highest BCUT2D eigenvalue weighted by Crippen LogP contribution is 2.43. The zero-order chi connectivity index (χ0) is 18.3. The lowest BCUT2D eigenvalue weighted by molar-refractivity contribution is 0.397. The molecule has 0 saturated carbocycles. The number of rotatable bonds is 4. The predicted molar refractivity (Wildman–Crippen MR) is 104 cm³/mol. The topological polar surface area (TPSA) is 48.3 Å². The quantitative estimate of drug-likeness (QED) is 0.693. The Balaban J connectivity index is 1.96. The van der Waals surface area contributed by atoms with E-state index in [9.17, 15) is 0 Å². The molecule has 5 nitrogen and oxygen atoms in total. The molecule has 0 fully saturated rings. The molecular weight excluding hydrogens is 373 g/mol. The van der Waals surface area contributed by atoms with Crippen molar-refractivity contribution in [1.29, 1.82) is 0 Å². The number of fused-ring (bicyclic) bond motifs is 1. The van der Waals surface area contributed by atoms with E-state index in [2.05, 4.69) is 5.32 Å². The van der Waals surface area contributed by atoms with Crippen molar-refractivity contribution in [1.82, 2.24) is 9.78 Å². The number of ether oxygens (including phenoxy) is 2. The Morgan fingerprint density at radius 1 is 1.08 bits per heavy atom. The second-order valence-corrected chi connectivity index (χ2v) is 6.74. The van der Waals surface area contributed by atoms with Crippen LogP contribution in [0.1, 0.15) is 5.56 Å². The Morgan fingerprint density at radius 2 is 1.81 bits per heavy atom. The van der Waals surface area contributed by atoms with Gasteiger partial charge in [0, 0.05) is 17.1 Å². The van der Waals surface area contributed by atoms with Crippen LogP contribution >= 0.6 is 23.2 Å². The average Bonchev–Trinajstić information content (AvgIpc) is 3.24. The van der Waals surface area contributed by atoms with Gasteiger partial charge in [-0.1, -0.05) is 29.3 Å². The van der Waals surface area contributed by atoms with Crippen LogP contribution in [0.25, 0.3) is 16.9 Å². The number of halogens is 2. The van der Waals surface area contributed by atoms with Gasteiger partial charge < -0.3 is 14.8 Å². The SMILES string of the molecule is COc1cccc(OC)c1-c1nn(-c2ccc(Cl)cc2Cl)c2c1CCN2. The third-order valence-corrected chi connectivity index (χ3v) is 4.99. The van der Waals surface area contributed by atoms with Gasteiger partial charge in [-0.2, -0.15) is 5.10 Å².